The molecule has 0 saturated carbocycles. The second-order valence-electron chi connectivity index (χ2n) is 11.9. The standard InChI is InChI=1S/C42H25F7Si/c43-32-17-29(18-33(44)23-32)26-5-11-38(12-6-26)50(42-4-2-1-3-41(42)49,39-13-7-27(8-14-39)30-19-34(45)24-35(46)20-30)40-15-9-28(10-16-40)31-21-36(47)25-37(48)22-31/h1-25H. The second kappa shape index (κ2) is 13.3. The summed E-state index contributed by atoms with van der Waals surface area (Å²) in [5.74, 6) is -4.83. The van der Waals surface area contributed by atoms with E-state index < -0.39 is 48.8 Å². The highest BCUT2D eigenvalue weighted by molar-refractivity contribution is 7.20. The molecule has 8 heteroatoms. The van der Waals surface area contributed by atoms with Crippen LogP contribution < -0.4 is 20.7 Å². The van der Waals surface area contributed by atoms with E-state index in [2.05, 4.69) is 0 Å². The van der Waals surface area contributed by atoms with E-state index in [9.17, 15) is 26.3 Å². The molecule has 0 saturated heterocycles. The van der Waals surface area contributed by atoms with Crippen molar-refractivity contribution in [2.24, 2.45) is 0 Å². The van der Waals surface area contributed by atoms with Gasteiger partial charge >= 0.3 is 0 Å². The normalized spacial score (nSPS) is 11.5. The Hall–Kier alpha value is -5.73. The highest BCUT2D eigenvalue weighted by Gasteiger charge is 2.43. The van der Waals surface area contributed by atoms with Gasteiger partial charge in [-0.05, 0) is 96.6 Å². The van der Waals surface area contributed by atoms with Crippen molar-refractivity contribution in [2.45, 2.75) is 0 Å². The van der Waals surface area contributed by atoms with Crippen LogP contribution in [0.15, 0.2) is 152 Å². The number of rotatable bonds is 7. The largest absolute Gasteiger partial charge is 0.207 e. The number of halogens is 7. The summed E-state index contributed by atoms with van der Waals surface area (Å²) in [6.07, 6.45) is 0. The fourth-order valence-corrected chi connectivity index (χ4v) is 11.4. The van der Waals surface area contributed by atoms with Gasteiger partial charge in [0, 0.05) is 18.2 Å². The first-order valence-electron chi connectivity index (χ1n) is 15.6. The molecular formula is C42H25F7Si. The van der Waals surface area contributed by atoms with Crippen molar-refractivity contribution in [1.82, 2.24) is 0 Å². The Kier molecular flexibility index (Phi) is 8.72. The summed E-state index contributed by atoms with van der Waals surface area (Å²) < 4.78 is 101. The fraction of sp³-hybridized carbons (Fsp3) is 0. The van der Waals surface area contributed by atoms with Crippen molar-refractivity contribution in [1.29, 1.82) is 0 Å². The smallest absolute Gasteiger partial charge is 0.182 e. The fourth-order valence-electron chi connectivity index (χ4n) is 6.63. The van der Waals surface area contributed by atoms with Crippen molar-refractivity contribution in [2.75, 3.05) is 0 Å². The summed E-state index contributed by atoms with van der Waals surface area (Å²) in [6, 6.07) is 37.3. The van der Waals surface area contributed by atoms with Gasteiger partial charge in [0.05, 0.1) is 0 Å². The van der Waals surface area contributed by atoms with Crippen LogP contribution in [0.5, 0.6) is 0 Å². The van der Waals surface area contributed by atoms with Crippen LogP contribution in [-0.2, 0) is 0 Å². The van der Waals surface area contributed by atoms with Gasteiger partial charge in [-0.1, -0.05) is 91.0 Å². The van der Waals surface area contributed by atoms with Crippen molar-refractivity contribution in [3.8, 4) is 33.4 Å². The molecule has 0 N–H and O–H groups in total. The molecule has 0 aliphatic carbocycles. The topological polar surface area (TPSA) is 0 Å². The van der Waals surface area contributed by atoms with Crippen LogP contribution in [0.4, 0.5) is 30.7 Å². The van der Waals surface area contributed by atoms with Gasteiger partial charge in [0.2, 0.25) is 0 Å². The summed E-state index contributed by atoms with van der Waals surface area (Å²) >= 11 is 0. The summed E-state index contributed by atoms with van der Waals surface area (Å²) in [5, 5.41) is 2.56. The Morgan fingerprint density at radius 1 is 0.280 bits per heavy atom. The van der Waals surface area contributed by atoms with Gasteiger partial charge < -0.3 is 0 Å². The first-order chi connectivity index (χ1) is 24.1. The lowest BCUT2D eigenvalue weighted by Gasteiger charge is -2.35. The monoisotopic (exact) mass is 690 g/mol. The summed E-state index contributed by atoms with van der Waals surface area (Å²) in [5.41, 5.74) is 2.59. The van der Waals surface area contributed by atoms with Gasteiger partial charge in [-0.2, -0.15) is 0 Å². The SMILES string of the molecule is Fc1cc(F)cc(-c2ccc([Si](c3ccc(-c4cc(F)cc(F)c4)cc3)(c3ccc(-c4cc(F)cc(F)c4)cc3)c3ccccc3F)cc2)c1. The third-order valence-corrected chi connectivity index (χ3v) is 13.6. The molecule has 0 nitrogen and oxygen atoms in total. The summed E-state index contributed by atoms with van der Waals surface area (Å²) in [4.78, 5) is 0. The van der Waals surface area contributed by atoms with Gasteiger partial charge in [0.15, 0.2) is 8.07 Å². The third-order valence-electron chi connectivity index (χ3n) is 8.82. The van der Waals surface area contributed by atoms with Crippen LogP contribution in [0.2, 0.25) is 0 Å². The molecule has 0 aliphatic heterocycles. The third kappa shape index (κ3) is 6.26. The molecular weight excluding hydrogens is 666 g/mol. The zero-order valence-electron chi connectivity index (χ0n) is 26.1. The maximum absolute atomic E-state index is 16.2. The average Bonchev–Trinajstić information content (AvgIpc) is 3.09. The Morgan fingerprint density at radius 2 is 0.560 bits per heavy atom. The van der Waals surface area contributed by atoms with E-state index in [0.29, 0.717) is 38.6 Å². The molecule has 7 rings (SSSR count). The minimum Gasteiger partial charge on any atom is -0.207 e. The number of hydrogen-bond acceptors (Lipinski definition) is 0. The number of benzene rings is 7. The van der Waals surface area contributed by atoms with E-state index in [1.54, 1.807) is 54.6 Å². The van der Waals surface area contributed by atoms with Gasteiger partial charge in [-0.15, -0.1) is 0 Å². The molecule has 0 fully saturated rings. The second-order valence-corrected chi connectivity index (χ2v) is 15.7. The van der Waals surface area contributed by atoms with Crippen LogP contribution in [0.25, 0.3) is 33.4 Å². The molecule has 0 spiro atoms. The first-order valence-corrected chi connectivity index (χ1v) is 17.6. The van der Waals surface area contributed by atoms with E-state index in [0.717, 1.165) is 33.8 Å². The zero-order valence-corrected chi connectivity index (χ0v) is 27.1. The predicted molar refractivity (Wildman–Crippen MR) is 186 cm³/mol. The van der Waals surface area contributed by atoms with Crippen molar-refractivity contribution in [3.05, 3.63) is 192 Å². The Balaban J connectivity index is 1.46. The molecule has 0 aliphatic rings. The lowest BCUT2D eigenvalue weighted by molar-refractivity contribution is 0.583. The van der Waals surface area contributed by atoms with E-state index in [1.807, 2.05) is 36.4 Å². The zero-order chi connectivity index (χ0) is 35.0. The van der Waals surface area contributed by atoms with Gasteiger partial charge in [0.25, 0.3) is 0 Å². The molecule has 0 amide bonds. The molecule has 0 unspecified atom stereocenters. The van der Waals surface area contributed by atoms with Crippen molar-refractivity contribution < 1.29 is 30.7 Å². The van der Waals surface area contributed by atoms with Crippen LogP contribution in [0, 0.1) is 40.7 Å². The molecule has 0 aromatic heterocycles. The molecule has 0 atom stereocenters. The lowest BCUT2D eigenvalue weighted by Crippen LogP contribution is -2.75. The first kappa shape index (κ1) is 32.8. The van der Waals surface area contributed by atoms with E-state index >= 15 is 4.39 Å². The molecule has 50 heavy (non-hydrogen) atoms. The lowest BCUT2D eigenvalue weighted by atomic mass is 10.1. The Morgan fingerprint density at radius 3 is 0.840 bits per heavy atom. The highest BCUT2D eigenvalue weighted by atomic mass is 28.3. The highest BCUT2D eigenvalue weighted by Crippen LogP contribution is 2.26. The average molecular weight is 691 g/mol. The summed E-state index contributed by atoms with van der Waals surface area (Å²) in [6.45, 7) is 0. The van der Waals surface area contributed by atoms with E-state index in [-0.39, 0.29) is 0 Å². The minimum atomic E-state index is -3.60. The van der Waals surface area contributed by atoms with Crippen LogP contribution in [0.1, 0.15) is 0 Å². The van der Waals surface area contributed by atoms with Crippen molar-refractivity contribution >= 4 is 28.8 Å². The molecule has 0 radical (unpaired) electrons. The molecule has 7 aromatic rings. The van der Waals surface area contributed by atoms with Crippen LogP contribution in [0.3, 0.4) is 0 Å². The van der Waals surface area contributed by atoms with E-state index in [1.165, 1.54) is 42.5 Å². The maximum Gasteiger partial charge on any atom is 0.182 e. The van der Waals surface area contributed by atoms with Crippen LogP contribution in [-0.4, -0.2) is 8.07 Å². The molecule has 0 bridgehead atoms. The summed E-state index contributed by atoms with van der Waals surface area (Å²) in [7, 11) is -3.60. The molecule has 7 aromatic carbocycles. The van der Waals surface area contributed by atoms with Crippen LogP contribution >= 0.6 is 0 Å². The maximum atomic E-state index is 16.2. The predicted octanol–water partition coefficient (Wildman–Crippen LogP) is 9.04. The Bertz CT molecular complexity index is 2050. The quantitative estimate of drug-likeness (QED) is 0.0890. The molecule has 246 valence electrons. The van der Waals surface area contributed by atoms with Gasteiger partial charge in [-0.3, -0.25) is 0 Å². The van der Waals surface area contributed by atoms with Gasteiger partial charge in [-0.25, -0.2) is 30.7 Å². The molecule has 0 heterocycles. The minimum absolute atomic E-state index is 0.325. The number of hydrogen-bond donors (Lipinski definition) is 0. The van der Waals surface area contributed by atoms with Crippen molar-refractivity contribution in [3.63, 3.8) is 0 Å². The van der Waals surface area contributed by atoms with E-state index in [4.69, 9.17) is 0 Å². The Labute approximate surface area is 284 Å². The van der Waals surface area contributed by atoms with Gasteiger partial charge in [0.1, 0.15) is 40.7 Å².